The molecule has 0 saturated carbocycles. The van der Waals surface area contributed by atoms with Gasteiger partial charge in [-0.1, -0.05) is 15.9 Å². The van der Waals surface area contributed by atoms with Gasteiger partial charge in [-0.3, -0.25) is 4.79 Å². The highest BCUT2D eigenvalue weighted by molar-refractivity contribution is 9.10. The standard InChI is InChI=1S/C15H14BrNO2/c1-9-13(7-11(16)8-14(9)17)15(18)10-3-5-12(19-2)6-4-10/h3-8H,17H2,1-2H3. The lowest BCUT2D eigenvalue weighted by molar-refractivity contribution is 0.103. The van der Waals surface area contributed by atoms with Crippen molar-refractivity contribution in [2.75, 3.05) is 12.8 Å². The van der Waals surface area contributed by atoms with Gasteiger partial charge in [0.05, 0.1) is 7.11 Å². The number of carbonyl (C=O) groups is 1. The van der Waals surface area contributed by atoms with Crippen LogP contribution in [0.3, 0.4) is 0 Å². The van der Waals surface area contributed by atoms with E-state index in [4.69, 9.17) is 10.5 Å². The second-order valence-corrected chi connectivity index (χ2v) is 5.14. The predicted octanol–water partition coefficient (Wildman–Crippen LogP) is 3.58. The van der Waals surface area contributed by atoms with Crippen LogP contribution in [0.2, 0.25) is 0 Å². The zero-order chi connectivity index (χ0) is 14.0. The number of anilines is 1. The third-order valence-electron chi connectivity index (χ3n) is 3.01. The van der Waals surface area contributed by atoms with E-state index < -0.39 is 0 Å². The fraction of sp³-hybridized carbons (Fsp3) is 0.133. The van der Waals surface area contributed by atoms with Crippen LogP contribution in [0.4, 0.5) is 5.69 Å². The summed E-state index contributed by atoms with van der Waals surface area (Å²) in [7, 11) is 1.59. The van der Waals surface area contributed by atoms with E-state index in [1.165, 1.54) is 0 Å². The minimum atomic E-state index is -0.0480. The number of nitrogen functional groups attached to an aromatic ring is 1. The zero-order valence-corrected chi connectivity index (χ0v) is 12.3. The van der Waals surface area contributed by atoms with Crippen molar-refractivity contribution >= 4 is 27.4 Å². The van der Waals surface area contributed by atoms with Gasteiger partial charge in [-0.25, -0.2) is 0 Å². The highest BCUT2D eigenvalue weighted by Crippen LogP contribution is 2.25. The number of methoxy groups -OCH3 is 1. The SMILES string of the molecule is COc1ccc(C(=O)c2cc(Br)cc(N)c2C)cc1. The van der Waals surface area contributed by atoms with Gasteiger partial charge in [0.2, 0.25) is 0 Å². The first kappa shape index (κ1) is 13.6. The average Bonchev–Trinajstić information content (AvgIpc) is 2.42. The highest BCUT2D eigenvalue weighted by Gasteiger charge is 2.14. The molecule has 2 rings (SSSR count). The van der Waals surface area contributed by atoms with E-state index in [0.717, 1.165) is 15.8 Å². The summed E-state index contributed by atoms with van der Waals surface area (Å²) in [5, 5.41) is 0. The third-order valence-corrected chi connectivity index (χ3v) is 3.47. The molecule has 0 aliphatic rings. The Morgan fingerprint density at radius 3 is 2.42 bits per heavy atom. The number of rotatable bonds is 3. The molecule has 0 heterocycles. The summed E-state index contributed by atoms with van der Waals surface area (Å²) in [6.45, 7) is 1.85. The van der Waals surface area contributed by atoms with Crippen molar-refractivity contribution in [1.29, 1.82) is 0 Å². The lowest BCUT2D eigenvalue weighted by Gasteiger charge is -2.09. The number of hydrogen-bond donors (Lipinski definition) is 1. The molecule has 2 aromatic rings. The number of ether oxygens (including phenoxy) is 1. The van der Waals surface area contributed by atoms with Crippen LogP contribution in [0, 0.1) is 6.92 Å². The maximum atomic E-state index is 12.5. The topological polar surface area (TPSA) is 52.3 Å². The van der Waals surface area contributed by atoms with Gasteiger partial charge in [-0.2, -0.15) is 0 Å². The molecule has 0 saturated heterocycles. The number of halogens is 1. The first-order valence-corrected chi connectivity index (χ1v) is 6.56. The van der Waals surface area contributed by atoms with Gasteiger partial charge >= 0.3 is 0 Å². The van der Waals surface area contributed by atoms with Crippen molar-refractivity contribution in [3.05, 3.63) is 57.6 Å². The van der Waals surface area contributed by atoms with E-state index in [1.54, 1.807) is 43.5 Å². The Bertz CT molecular complexity index is 621. The largest absolute Gasteiger partial charge is 0.497 e. The number of benzene rings is 2. The van der Waals surface area contributed by atoms with Crippen molar-refractivity contribution in [2.24, 2.45) is 0 Å². The predicted molar refractivity (Wildman–Crippen MR) is 79.7 cm³/mol. The first-order valence-electron chi connectivity index (χ1n) is 5.77. The summed E-state index contributed by atoms with van der Waals surface area (Å²) >= 11 is 3.36. The lowest BCUT2D eigenvalue weighted by Crippen LogP contribution is -2.06. The average molecular weight is 320 g/mol. The van der Waals surface area contributed by atoms with Crippen LogP contribution in [0.25, 0.3) is 0 Å². The van der Waals surface area contributed by atoms with E-state index in [1.807, 2.05) is 6.92 Å². The minimum Gasteiger partial charge on any atom is -0.497 e. The first-order chi connectivity index (χ1) is 9.02. The van der Waals surface area contributed by atoms with E-state index in [-0.39, 0.29) is 5.78 Å². The Hall–Kier alpha value is -1.81. The van der Waals surface area contributed by atoms with E-state index in [9.17, 15) is 4.79 Å². The Morgan fingerprint density at radius 1 is 1.21 bits per heavy atom. The molecule has 98 valence electrons. The molecular weight excluding hydrogens is 306 g/mol. The molecule has 0 aliphatic heterocycles. The van der Waals surface area contributed by atoms with Crippen molar-refractivity contribution < 1.29 is 9.53 Å². The van der Waals surface area contributed by atoms with Gasteiger partial charge in [0.25, 0.3) is 0 Å². The van der Waals surface area contributed by atoms with Crippen LogP contribution in [0.5, 0.6) is 5.75 Å². The molecule has 0 aromatic heterocycles. The Labute approximate surface area is 120 Å². The van der Waals surface area contributed by atoms with Crippen LogP contribution in [0.1, 0.15) is 21.5 Å². The van der Waals surface area contributed by atoms with Crippen molar-refractivity contribution in [3.8, 4) is 5.75 Å². The summed E-state index contributed by atoms with van der Waals surface area (Å²) in [6.07, 6.45) is 0. The molecule has 3 nitrogen and oxygen atoms in total. The molecule has 0 bridgehead atoms. The Kier molecular flexibility index (Phi) is 3.90. The molecule has 0 fully saturated rings. The number of hydrogen-bond acceptors (Lipinski definition) is 3. The summed E-state index contributed by atoms with van der Waals surface area (Å²) < 4.78 is 5.88. The van der Waals surface area contributed by atoms with Gasteiger partial charge < -0.3 is 10.5 Å². The monoisotopic (exact) mass is 319 g/mol. The van der Waals surface area contributed by atoms with Crippen LogP contribution in [-0.4, -0.2) is 12.9 Å². The molecule has 0 amide bonds. The molecule has 19 heavy (non-hydrogen) atoms. The van der Waals surface area contributed by atoms with Crippen LogP contribution < -0.4 is 10.5 Å². The summed E-state index contributed by atoms with van der Waals surface area (Å²) in [4.78, 5) is 12.5. The second kappa shape index (κ2) is 5.45. The molecule has 0 unspecified atom stereocenters. The van der Waals surface area contributed by atoms with Crippen LogP contribution >= 0.6 is 15.9 Å². The normalized spacial score (nSPS) is 10.3. The van der Waals surface area contributed by atoms with E-state index in [0.29, 0.717) is 16.8 Å². The molecule has 2 N–H and O–H groups in total. The molecule has 0 radical (unpaired) electrons. The molecule has 0 aliphatic carbocycles. The summed E-state index contributed by atoms with van der Waals surface area (Å²) in [5.41, 5.74) is 8.50. The zero-order valence-electron chi connectivity index (χ0n) is 10.7. The second-order valence-electron chi connectivity index (χ2n) is 4.23. The number of ketones is 1. The molecule has 2 aromatic carbocycles. The van der Waals surface area contributed by atoms with Gasteiger partial charge in [0, 0.05) is 21.3 Å². The maximum absolute atomic E-state index is 12.5. The van der Waals surface area contributed by atoms with Gasteiger partial charge in [0.1, 0.15) is 5.75 Å². The van der Waals surface area contributed by atoms with E-state index in [2.05, 4.69) is 15.9 Å². The summed E-state index contributed by atoms with van der Waals surface area (Å²) in [6, 6.07) is 10.6. The quantitative estimate of drug-likeness (QED) is 0.695. The van der Waals surface area contributed by atoms with Gasteiger partial charge in [-0.15, -0.1) is 0 Å². The molecule has 0 atom stereocenters. The summed E-state index contributed by atoms with van der Waals surface area (Å²) in [5.74, 6) is 0.676. The Balaban J connectivity index is 2.43. The van der Waals surface area contributed by atoms with Crippen molar-refractivity contribution in [1.82, 2.24) is 0 Å². The Morgan fingerprint density at radius 2 is 1.84 bits per heavy atom. The van der Waals surface area contributed by atoms with E-state index >= 15 is 0 Å². The van der Waals surface area contributed by atoms with Crippen LogP contribution in [0.15, 0.2) is 40.9 Å². The molecule has 4 heteroatoms. The molecule has 0 spiro atoms. The smallest absolute Gasteiger partial charge is 0.193 e. The van der Waals surface area contributed by atoms with Gasteiger partial charge in [0.15, 0.2) is 5.78 Å². The highest BCUT2D eigenvalue weighted by atomic mass is 79.9. The third kappa shape index (κ3) is 2.79. The fourth-order valence-electron chi connectivity index (χ4n) is 1.83. The maximum Gasteiger partial charge on any atom is 0.193 e. The van der Waals surface area contributed by atoms with Crippen molar-refractivity contribution in [3.63, 3.8) is 0 Å². The fourth-order valence-corrected chi connectivity index (χ4v) is 2.31. The van der Waals surface area contributed by atoms with Crippen molar-refractivity contribution in [2.45, 2.75) is 6.92 Å². The molecular formula is C15H14BrNO2. The minimum absolute atomic E-state index is 0.0480. The lowest BCUT2D eigenvalue weighted by atomic mass is 9.98. The van der Waals surface area contributed by atoms with Crippen LogP contribution in [-0.2, 0) is 0 Å². The number of carbonyl (C=O) groups excluding carboxylic acids is 1. The van der Waals surface area contributed by atoms with Gasteiger partial charge in [-0.05, 0) is 48.9 Å². The number of nitrogens with two attached hydrogens (primary N) is 1.